The molecule has 2 unspecified atom stereocenters. The molecule has 1 N–H and O–H groups in total. The second kappa shape index (κ2) is 7.87. The highest BCUT2D eigenvalue weighted by Crippen LogP contribution is 2.29. The molecule has 1 aromatic carbocycles. The highest BCUT2D eigenvalue weighted by atomic mass is 16.5. The van der Waals surface area contributed by atoms with E-state index in [0.717, 1.165) is 5.69 Å². The van der Waals surface area contributed by atoms with Crippen LogP contribution < -0.4 is 15.0 Å². The van der Waals surface area contributed by atoms with Gasteiger partial charge in [0.05, 0.1) is 20.3 Å². The molecular weight excluding hydrogens is 320 g/mol. The zero-order valence-electron chi connectivity index (χ0n) is 15.7. The summed E-state index contributed by atoms with van der Waals surface area (Å²) in [6.45, 7) is 6.67. The summed E-state index contributed by atoms with van der Waals surface area (Å²) < 4.78 is 10.1. The van der Waals surface area contributed by atoms with E-state index in [4.69, 9.17) is 9.47 Å². The van der Waals surface area contributed by atoms with Gasteiger partial charge in [0, 0.05) is 24.7 Å². The molecule has 1 heterocycles. The molecule has 1 aliphatic rings. The minimum absolute atomic E-state index is 0.0399. The summed E-state index contributed by atoms with van der Waals surface area (Å²) in [4.78, 5) is 26.6. The average Bonchev–Trinajstić information content (AvgIpc) is 3.02. The van der Waals surface area contributed by atoms with Gasteiger partial charge in [-0.15, -0.1) is 0 Å². The number of anilines is 1. The molecule has 0 aromatic heterocycles. The summed E-state index contributed by atoms with van der Waals surface area (Å²) in [5.74, 6) is 0.441. The van der Waals surface area contributed by atoms with Gasteiger partial charge in [-0.25, -0.2) is 0 Å². The van der Waals surface area contributed by atoms with E-state index in [-0.39, 0.29) is 29.4 Å². The van der Waals surface area contributed by atoms with Crippen molar-refractivity contribution in [2.45, 2.75) is 45.7 Å². The van der Waals surface area contributed by atoms with Crippen LogP contribution in [0.3, 0.4) is 0 Å². The minimum Gasteiger partial charge on any atom is -0.497 e. The molecule has 6 nitrogen and oxygen atoms in total. The lowest BCUT2D eigenvalue weighted by Gasteiger charge is -2.31. The van der Waals surface area contributed by atoms with E-state index in [1.165, 1.54) is 7.11 Å². The number of esters is 1. The second-order valence-corrected chi connectivity index (χ2v) is 7.58. The van der Waals surface area contributed by atoms with Crippen LogP contribution in [0, 0.1) is 5.41 Å². The van der Waals surface area contributed by atoms with E-state index in [2.05, 4.69) is 5.32 Å². The Bertz CT molecular complexity index is 624. The van der Waals surface area contributed by atoms with Gasteiger partial charge in [0.1, 0.15) is 11.8 Å². The number of nitrogens with one attached hydrogen (secondary N) is 1. The van der Waals surface area contributed by atoms with Crippen LogP contribution in [0.5, 0.6) is 5.75 Å². The number of nitrogens with zero attached hydrogens (tertiary/aromatic N) is 1. The summed E-state index contributed by atoms with van der Waals surface area (Å²) >= 11 is 0. The first kappa shape index (κ1) is 19.2. The molecular formula is C19H28N2O4. The number of amides is 1. The number of benzene rings is 1. The van der Waals surface area contributed by atoms with Crippen molar-refractivity contribution in [3.63, 3.8) is 0 Å². The first-order valence-electron chi connectivity index (χ1n) is 8.52. The Balaban J connectivity index is 2.29. The van der Waals surface area contributed by atoms with Gasteiger partial charge in [-0.2, -0.15) is 0 Å². The molecule has 0 spiro atoms. The number of carbonyl (C=O) groups is 2. The van der Waals surface area contributed by atoms with Crippen molar-refractivity contribution in [3.8, 4) is 5.75 Å². The summed E-state index contributed by atoms with van der Waals surface area (Å²) in [7, 11) is 2.98. The summed E-state index contributed by atoms with van der Waals surface area (Å²) in [5.41, 5.74) is 0.660. The number of hydrogen-bond acceptors (Lipinski definition) is 5. The quantitative estimate of drug-likeness (QED) is 0.828. The number of rotatable bonds is 5. The van der Waals surface area contributed by atoms with E-state index in [0.29, 0.717) is 25.1 Å². The fourth-order valence-corrected chi connectivity index (χ4v) is 3.09. The fourth-order valence-electron chi connectivity index (χ4n) is 3.09. The van der Waals surface area contributed by atoms with E-state index in [1.54, 1.807) is 12.0 Å². The van der Waals surface area contributed by atoms with Crippen LogP contribution >= 0.6 is 0 Å². The molecule has 2 atom stereocenters. The van der Waals surface area contributed by atoms with E-state index >= 15 is 0 Å². The van der Waals surface area contributed by atoms with Crippen LogP contribution in [0.2, 0.25) is 0 Å². The Labute approximate surface area is 149 Å². The lowest BCUT2D eigenvalue weighted by molar-refractivity contribution is -0.142. The third kappa shape index (κ3) is 4.95. The third-order valence-electron chi connectivity index (χ3n) is 4.24. The van der Waals surface area contributed by atoms with E-state index in [9.17, 15) is 9.59 Å². The lowest BCUT2D eigenvalue weighted by Crippen LogP contribution is -2.43. The first-order chi connectivity index (χ1) is 11.7. The van der Waals surface area contributed by atoms with Gasteiger partial charge in [-0.1, -0.05) is 26.8 Å². The normalized spacial score (nSPS) is 20.2. The molecule has 6 heteroatoms. The van der Waals surface area contributed by atoms with Gasteiger partial charge >= 0.3 is 5.97 Å². The van der Waals surface area contributed by atoms with Gasteiger partial charge in [0.15, 0.2) is 0 Å². The zero-order chi connectivity index (χ0) is 18.6. The maximum Gasteiger partial charge on any atom is 0.322 e. The average molecular weight is 348 g/mol. The van der Waals surface area contributed by atoms with Crippen molar-refractivity contribution < 1.29 is 19.1 Å². The minimum atomic E-state index is -0.384. The Morgan fingerprint density at radius 1 is 1.28 bits per heavy atom. The van der Waals surface area contributed by atoms with Gasteiger partial charge < -0.3 is 19.7 Å². The Hall–Kier alpha value is -2.08. The van der Waals surface area contributed by atoms with Crippen LogP contribution in [0.25, 0.3) is 0 Å². The summed E-state index contributed by atoms with van der Waals surface area (Å²) in [6.07, 6.45) is 0.948. The molecule has 1 fully saturated rings. The molecule has 0 radical (unpaired) electrons. The van der Waals surface area contributed by atoms with Crippen molar-refractivity contribution in [2.24, 2.45) is 5.41 Å². The zero-order valence-corrected chi connectivity index (χ0v) is 15.7. The van der Waals surface area contributed by atoms with Crippen LogP contribution in [0.4, 0.5) is 5.69 Å². The Morgan fingerprint density at radius 3 is 2.60 bits per heavy atom. The van der Waals surface area contributed by atoms with Crippen LogP contribution in [0.15, 0.2) is 24.3 Å². The van der Waals surface area contributed by atoms with Crippen molar-refractivity contribution in [1.82, 2.24) is 5.32 Å². The number of methoxy groups -OCH3 is 2. The molecule has 1 saturated heterocycles. The van der Waals surface area contributed by atoms with Crippen LogP contribution in [-0.4, -0.2) is 44.7 Å². The smallest absolute Gasteiger partial charge is 0.322 e. The molecule has 2 rings (SSSR count). The van der Waals surface area contributed by atoms with Crippen LogP contribution in [-0.2, 0) is 14.3 Å². The molecule has 1 aromatic rings. The van der Waals surface area contributed by atoms with Gasteiger partial charge in [-0.05, 0) is 24.0 Å². The standard InChI is InChI=1S/C19H28N2O4/c1-19(2,3)11-17(22)21(13-7-6-8-15(9-13)24-4)14-10-16(20-12-14)18(23)25-5/h6-9,14,16,20H,10-12H2,1-5H3. The highest BCUT2D eigenvalue weighted by Gasteiger charge is 2.37. The monoisotopic (exact) mass is 348 g/mol. The summed E-state index contributed by atoms with van der Waals surface area (Å²) in [6, 6.07) is 6.98. The topological polar surface area (TPSA) is 67.9 Å². The molecule has 25 heavy (non-hydrogen) atoms. The highest BCUT2D eigenvalue weighted by molar-refractivity contribution is 5.95. The number of hydrogen-bond donors (Lipinski definition) is 1. The van der Waals surface area contributed by atoms with Crippen molar-refractivity contribution in [3.05, 3.63) is 24.3 Å². The predicted molar refractivity (Wildman–Crippen MR) is 96.8 cm³/mol. The van der Waals surface area contributed by atoms with Crippen molar-refractivity contribution in [2.75, 3.05) is 25.7 Å². The maximum absolute atomic E-state index is 13.0. The molecule has 1 aliphatic heterocycles. The summed E-state index contributed by atoms with van der Waals surface area (Å²) in [5, 5.41) is 3.15. The third-order valence-corrected chi connectivity index (χ3v) is 4.24. The number of ether oxygens (including phenoxy) is 2. The molecule has 1 amide bonds. The van der Waals surface area contributed by atoms with Crippen molar-refractivity contribution in [1.29, 1.82) is 0 Å². The number of carbonyl (C=O) groups excluding carboxylic acids is 2. The van der Waals surface area contributed by atoms with Gasteiger partial charge in [0.2, 0.25) is 5.91 Å². The molecule has 0 bridgehead atoms. The van der Waals surface area contributed by atoms with Gasteiger partial charge in [0.25, 0.3) is 0 Å². The van der Waals surface area contributed by atoms with Gasteiger partial charge in [-0.3, -0.25) is 9.59 Å². The first-order valence-corrected chi connectivity index (χ1v) is 8.52. The maximum atomic E-state index is 13.0. The van der Waals surface area contributed by atoms with E-state index < -0.39 is 0 Å². The molecule has 138 valence electrons. The molecule has 0 aliphatic carbocycles. The van der Waals surface area contributed by atoms with Crippen LogP contribution in [0.1, 0.15) is 33.6 Å². The largest absolute Gasteiger partial charge is 0.497 e. The van der Waals surface area contributed by atoms with E-state index in [1.807, 2.05) is 45.0 Å². The Kier molecular flexibility index (Phi) is 6.06. The van der Waals surface area contributed by atoms with Crippen molar-refractivity contribution >= 4 is 17.6 Å². The predicted octanol–water partition coefficient (Wildman–Crippen LogP) is 2.37. The Morgan fingerprint density at radius 2 is 2.00 bits per heavy atom. The lowest BCUT2D eigenvalue weighted by atomic mass is 9.91. The fraction of sp³-hybridized carbons (Fsp3) is 0.579. The second-order valence-electron chi connectivity index (χ2n) is 7.58. The molecule has 0 saturated carbocycles. The SMILES string of the molecule is COC(=O)C1CC(N(C(=O)CC(C)(C)C)c2cccc(OC)c2)CN1.